The molecule has 2 aromatic rings. The zero-order valence-electron chi connectivity index (χ0n) is 15.6. The van der Waals surface area contributed by atoms with Crippen LogP contribution in [0, 0.1) is 5.92 Å². The van der Waals surface area contributed by atoms with Crippen molar-refractivity contribution in [1.82, 2.24) is 10.2 Å². The van der Waals surface area contributed by atoms with Crippen molar-refractivity contribution in [2.24, 2.45) is 5.92 Å². The van der Waals surface area contributed by atoms with Crippen LogP contribution in [0.1, 0.15) is 41.0 Å². The summed E-state index contributed by atoms with van der Waals surface area (Å²) >= 11 is 1.76. The second-order valence-corrected chi connectivity index (χ2v) is 8.30. The fourth-order valence-electron chi connectivity index (χ4n) is 3.71. The Morgan fingerprint density at radius 1 is 1.22 bits per heavy atom. The summed E-state index contributed by atoms with van der Waals surface area (Å²) in [6, 6.07) is 9.87. The zero-order chi connectivity index (χ0) is 18.6. The molecule has 1 amide bonds. The van der Waals surface area contributed by atoms with E-state index >= 15 is 0 Å². The average molecular weight is 387 g/mol. The molecule has 2 aliphatic rings. The summed E-state index contributed by atoms with van der Waals surface area (Å²) in [5.41, 5.74) is 0.608. The molecule has 5 nitrogen and oxygen atoms in total. The van der Waals surface area contributed by atoms with Crippen molar-refractivity contribution in [3.8, 4) is 11.5 Å². The average Bonchev–Trinajstić information content (AvgIpc) is 3.23. The normalized spacial score (nSPS) is 18.9. The number of carbonyl (C=O) groups is 1. The number of hydrogen-bond donors (Lipinski definition) is 1. The van der Waals surface area contributed by atoms with Crippen molar-refractivity contribution in [1.29, 1.82) is 0 Å². The van der Waals surface area contributed by atoms with Gasteiger partial charge >= 0.3 is 0 Å². The fourth-order valence-corrected chi connectivity index (χ4v) is 4.57. The lowest BCUT2D eigenvalue weighted by Gasteiger charge is -2.36. The standard InChI is InChI=1S/C21H26N2O3S/c1-15-6-8-23(9-7-15)17(20-3-2-12-27-20)14-22-21(24)16-4-5-18-19(13-16)26-11-10-25-18/h2-5,12-13,15,17H,6-11,14H2,1H3,(H,22,24). The summed E-state index contributed by atoms with van der Waals surface area (Å²) in [5.74, 6) is 2.07. The Bertz CT molecular complexity index is 770. The molecule has 1 fully saturated rings. The highest BCUT2D eigenvalue weighted by Gasteiger charge is 2.26. The minimum atomic E-state index is -0.0705. The molecular formula is C21H26N2O3S. The molecule has 144 valence electrons. The molecule has 1 saturated heterocycles. The Labute approximate surface area is 164 Å². The lowest BCUT2D eigenvalue weighted by molar-refractivity contribution is 0.0913. The molecule has 1 aromatic carbocycles. The van der Waals surface area contributed by atoms with Crippen LogP contribution in [0.2, 0.25) is 0 Å². The molecule has 2 aliphatic heterocycles. The van der Waals surface area contributed by atoms with Crippen LogP contribution in [-0.4, -0.2) is 43.7 Å². The van der Waals surface area contributed by atoms with E-state index in [1.165, 1.54) is 17.7 Å². The van der Waals surface area contributed by atoms with E-state index in [-0.39, 0.29) is 11.9 Å². The highest BCUT2D eigenvalue weighted by molar-refractivity contribution is 7.10. The topological polar surface area (TPSA) is 50.8 Å². The number of amides is 1. The van der Waals surface area contributed by atoms with E-state index in [1.807, 2.05) is 6.07 Å². The van der Waals surface area contributed by atoms with Gasteiger partial charge < -0.3 is 14.8 Å². The molecule has 3 heterocycles. The summed E-state index contributed by atoms with van der Waals surface area (Å²) in [6.45, 7) is 6.18. The Balaban J connectivity index is 1.43. The van der Waals surface area contributed by atoms with Crippen LogP contribution in [-0.2, 0) is 0 Å². The number of rotatable bonds is 5. The minimum absolute atomic E-state index is 0.0705. The van der Waals surface area contributed by atoms with Gasteiger partial charge in [0.25, 0.3) is 5.91 Å². The van der Waals surface area contributed by atoms with Crippen molar-refractivity contribution in [3.05, 3.63) is 46.2 Å². The van der Waals surface area contributed by atoms with E-state index in [4.69, 9.17) is 9.47 Å². The van der Waals surface area contributed by atoms with E-state index in [1.54, 1.807) is 23.5 Å². The Morgan fingerprint density at radius 2 is 2.00 bits per heavy atom. The molecule has 0 spiro atoms. The number of nitrogens with zero attached hydrogens (tertiary/aromatic N) is 1. The fraction of sp³-hybridized carbons (Fsp3) is 0.476. The van der Waals surface area contributed by atoms with E-state index in [0.717, 1.165) is 19.0 Å². The Morgan fingerprint density at radius 3 is 2.74 bits per heavy atom. The van der Waals surface area contributed by atoms with Crippen molar-refractivity contribution in [3.63, 3.8) is 0 Å². The molecule has 1 atom stereocenters. The molecule has 0 saturated carbocycles. The van der Waals surface area contributed by atoms with Crippen LogP contribution in [0.15, 0.2) is 35.7 Å². The van der Waals surface area contributed by atoms with E-state index < -0.39 is 0 Å². The van der Waals surface area contributed by atoms with Gasteiger partial charge in [-0.1, -0.05) is 13.0 Å². The summed E-state index contributed by atoms with van der Waals surface area (Å²) in [6.07, 6.45) is 2.44. The maximum atomic E-state index is 12.7. The highest BCUT2D eigenvalue weighted by atomic mass is 32.1. The van der Waals surface area contributed by atoms with Crippen LogP contribution in [0.4, 0.5) is 0 Å². The van der Waals surface area contributed by atoms with Crippen LogP contribution in [0.3, 0.4) is 0 Å². The molecular weight excluding hydrogens is 360 g/mol. The number of fused-ring (bicyclic) bond motifs is 1. The first kappa shape index (κ1) is 18.3. The SMILES string of the molecule is CC1CCN(C(CNC(=O)c2ccc3c(c2)OCCO3)c2cccs2)CC1. The zero-order valence-corrected chi connectivity index (χ0v) is 16.5. The summed E-state index contributed by atoms with van der Waals surface area (Å²) in [4.78, 5) is 16.5. The third kappa shape index (κ3) is 4.28. The van der Waals surface area contributed by atoms with E-state index in [9.17, 15) is 4.79 Å². The van der Waals surface area contributed by atoms with Gasteiger partial charge in [0.05, 0.1) is 6.04 Å². The monoisotopic (exact) mass is 386 g/mol. The van der Waals surface area contributed by atoms with Crippen molar-refractivity contribution in [2.45, 2.75) is 25.8 Å². The predicted molar refractivity (Wildman–Crippen MR) is 107 cm³/mol. The first-order chi connectivity index (χ1) is 13.2. The number of thiophene rings is 1. The van der Waals surface area contributed by atoms with Crippen LogP contribution < -0.4 is 14.8 Å². The number of hydrogen-bond acceptors (Lipinski definition) is 5. The van der Waals surface area contributed by atoms with Crippen molar-refractivity contribution < 1.29 is 14.3 Å². The van der Waals surface area contributed by atoms with Gasteiger partial charge in [-0.15, -0.1) is 11.3 Å². The van der Waals surface area contributed by atoms with Gasteiger partial charge in [-0.25, -0.2) is 0 Å². The lowest BCUT2D eigenvalue weighted by Crippen LogP contribution is -2.41. The molecule has 1 N–H and O–H groups in total. The largest absolute Gasteiger partial charge is 0.486 e. The molecule has 4 rings (SSSR count). The number of likely N-dealkylation sites (tertiary alicyclic amines) is 1. The second-order valence-electron chi connectivity index (χ2n) is 7.32. The molecule has 0 bridgehead atoms. The third-order valence-electron chi connectivity index (χ3n) is 5.39. The maximum Gasteiger partial charge on any atom is 0.251 e. The highest BCUT2D eigenvalue weighted by Crippen LogP contribution is 2.31. The predicted octanol–water partition coefficient (Wildman–Crippen LogP) is 3.72. The van der Waals surface area contributed by atoms with E-state index in [2.05, 4.69) is 34.7 Å². The number of nitrogens with one attached hydrogen (secondary N) is 1. The van der Waals surface area contributed by atoms with Crippen LogP contribution in [0.25, 0.3) is 0 Å². The smallest absolute Gasteiger partial charge is 0.251 e. The van der Waals surface area contributed by atoms with Gasteiger partial charge in [0, 0.05) is 17.0 Å². The van der Waals surface area contributed by atoms with Crippen molar-refractivity contribution in [2.75, 3.05) is 32.8 Å². The summed E-state index contributed by atoms with van der Waals surface area (Å²) in [7, 11) is 0. The van der Waals surface area contributed by atoms with Crippen LogP contribution >= 0.6 is 11.3 Å². The second kappa shape index (κ2) is 8.31. The van der Waals surface area contributed by atoms with Gasteiger partial charge in [0.2, 0.25) is 0 Å². The van der Waals surface area contributed by atoms with Gasteiger partial charge in [0.15, 0.2) is 11.5 Å². The lowest BCUT2D eigenvalue weighted by atomic mass is 9.97. The van der Waals surface area contributed by atoms with E-state index in [0.29, 0.717) is 36.8 Å². The molecule has 1 aromatic heterocycles. The quantitative estimate of drug-likeness (QED) is 0.851. The minimum Gasteiger partial charge on any atom is -0.486 e. The number of benzene rings is 1. The Hall–Kier alpha value is -2.05. The molecule has 0 aliphatic carbocycles. The Kier molecular flexibility index (Phi) is 5.64. The number of ether oxygens (including phenoxy) is 2. The van der Waals surface area contributed by atoms with Crippen LogP contribution in [0.5, 0.6) is 11.5 Å². The van der Waals surface area contributed by atoms with Crippen molar-refractivity contribution >= 4 is 17.2 Å². The summed E-state index contributed by atoms with van der Waals surface area (Å²) < 4.78 is 11.1. The molecule has 1 unspecified atom stereocenters. The number of carbonyl (C=O) groups excluding carboxylic acids is 1. The molecule has 6 heteroatoms. The summed E-state index contributed by atoms with van der Waals surface area (Å²) in [5, 5.41) is 5.24. The number of piperidine rings is 1. The maximum absolute atomic E-state index is 12.7. The first-order valence-corrected chi connectivity index (χ1v) is 10.5. The van der Waals surface area contributed by atoms with Gasteiger partial charge in [-0.05, 0) is 61.5 Å². The van der Waals surface area contributed by atoms with Gasteiger partial charge in [-0.2, -0.15) is 0 Å². The first-order valence-electron chi connectivity index (χ1n) is 9.66. The molecule has 27 heavy (non-hydrogen) atoms. The van der Waals surface area contributed by atoms with Gasteiger partial charge in [0.1, 0.15) is 13.2 Å². The third-order valence-corrected chi connectivity index (χ3v) is 6.36. The van der Waals surface area contributed by atoms with Gasteiger partial charge in [-0.3, -0.25) is 9.69 Å². The molecule has 0 radical (unpaired) electrons.